The van der Waals surface area contributed by atoms with Crippen LogP contribution in [0.2, 0.25) is 0 Å². The number of hydrogen-bond donors (Lipinski definition) is 1. The van der Waals surface area contributed by atoms with E-state index in [0.717, 1.165) is 5.69 Å². The van der Waals surface area contributed by atoms with Gasteiger partial charge < -0.3 is 14.8 Å². The molecule has 1 aromatic carbocycles. The maximum Gasteiger partial charge on any atom is 0.387 e. The molecule has 4 nitrogen and oxygen atoms in total. The minimum absolute atomic E-state index is 0.0959. The van der Waals surface area contributed by atoms with E-state index in [4.69, 9.17) is 4.74 Å². The van der Waals surface area contributed by atoms with E-state index in [1.54, 1.807) is 19.1 Å². The average molecular weight is 273 g/mol. The molecule has 0 bridgehead atoms. The van der Waals surface area contributed by atoms with Gasteiger partial charge in [-0.3, -0.25) is 4.79 Å². The third-order valence-corrected chi connectivity index (χ3v) is 2.27. The van der Waals surface area contributed by atoms with Crippen LogP contribution in [0.3, 0.4) is 0 Å². The molecule has 0 spiro atoms. The third-order valence-electron chi connectivity index (χ3n) is 2.27. The van der Waals surface area contributed by atoms with Crippen molar-refractivity contribution in [3.8, 4) is 5.75 Å². The van der Waals surface area contributed by atoms with Crippen molar-refractivity contribution >= 4 is 11.7 Å². The summed E-state index contributed by atoms with van der Waals surface area (Å²) in [5.41, 5.74) is 0.721. The molecule has 1 aromatic rings. The molecule has 6 heteroatoms. The molecule has 1 unspecified atom stereocenters. The Morgan fingerprint density at radius 2 is 1.95 bits per heavy atom. The number of anilines is 1. The second kappa shape index (κ2) is 7.56. The fourth-order valence-corrected chi connectivity index (χ4v) is 1.54. The van der Waals surface area contributed by atoms with E-state index < -0.39 is 6.61 Å². The van der Waals surface area contributed by atoms with Crippen LogP contribution in [0, 0.1) is 0 Å². The smallest absolute Gasteiger partial charge is 0.387 e. The molecule has 0 aliphatic heterocycles. The summed E-state index contributed by atoms with van der Waals surface area (Å²) in [6.07, 6.45) is 0.239. The van der Waals surface area contributed by atoms with E-state index in [9.17, 15) is 13.6 Å². The Balaban J connectivity index is 2.46. The number of carbonyl (C=O) groups is 1. The van der Waals surface area contributed by atoms with Crippen LogP contribution in [0.1, 0.15) is 20.3 Å². The second-order valence-electron chi connectivity index (χ2n) is 3.96. The second-order valence-corrected chi connectivity index (χ2v) is 3.96. The highest BCUT2D eigenvalue weighted by Gasteiger charge is 2.10. The van der Waals surface area contributed by atoms with Gasteiger partial charge in [0.15, 0.2) is 0 Å². The number of ether oxygens (including phenoxy) is 2. The highest BCUT2D eigenvalue weighted by atomic mass is 19.3. The van der Waals surface area contributed by atoms with E-state index in [2.05, 4.69) is 10.1 Å². The number of nitrogens with one attached hydrogen (secondary N) is 1. The van der Waals surface area contributed by atoms with E-state index in [1.165, 1.54) is 12.1 Å². The van der Waals surface area contributed by atoms with Gasteiger partial charge >= 0.3 is 12.6 Å². The molecular formula is C13H17F2NO3. The zero-order chi connectivity index (χ0) is 14.3. The van der Waals surface area contributed by atoms with Crippen LogP contribution in [0.5, 0.6) is 5.75 Å². The highest BCUT2D eigenvalue weighted by Crippen LogP contribution is 2.18. The van der Waals surface area contributed by atoms with Gasteiger partial charge in [-0.05, 0) is 38.1 Å². The summed E-state index contributed by atoms with van der Waals surface area (Å²) >= 11 is 0. The Morgan fingerprint density at radius 1 is 1.32 bits per heavy atom. The lowest BCUT2D eigenvalue weighted by atomic mass is 10.2. The van der Waals surface area contributed by atoms with Crippen LogP contribution >= 0.6 is 0 Å². The molecule has 1 rings (SSSR count). The Hall–Kier alpha value is -1.85. The van der Waals surface area contributed by atoms with Gasteiger partial charge in [-0.2, -0.15) is 8.78 Å². The molecule has 19 heavy (non-hydrogen) atoms. The standard InChI is InChI=1S/C13H17F2NO3/c1-3-18-12(17)8-9(2)16-10-4-6-11(7-5-10)19-13(14)15/h4-7,9,13,16H,3,8H2,1-2H3. The minimum atomic E-state index is -2.83. The number of benzene rings is 1. The number of hydrogen-bond acceptors (Lipinski definition) is 4. The first kappa shape index (κ1) is 15.2. The van der Waals surface area contributed by atoms with Gasteiger partial charge in [0, 0.05) is 11.7 Å². The Morgan fingerprint density at radius 3 is 2.47 bits per heavy atom. The summed E-state index contributed by atoms with van der Waals surface area (Å²) in [5, 5.41) is 3.07. The molecule has 1 atom stereocenters. The first-order chi connectivity index (χ1) is 9.01. The molecule has 0 heterocycles. The van der Waals surface area contributed by atoms with Gasteiger partial charge in [0.2, 0.25) is 0 Å². The van der Waals surface area contributed by atoms with Crippen molar-refractivity contribution in [1.82, 2.24) is 0 Å². The van der Waals surface area contributed by atoms with Gasteiger partial charge in [-0.1, -0.05) is 0 Å². The maximum absolute atomic E-state index is 12.0. The van der Waals surface area contributed by atoms with E-state index >= 15 is 0 Å². The SMILES string of the molecule is CCOC(=O)CC(C)Nc1ccc(OC(F)F)cc1. The van der Waals surface area contributed by atoms with Gasteiger partial charge in [-0.25, -0.2) is 0 Å². The zero-order valence-electron chi connectivity index (χ0n) is 10.9. The summed E-state index contributed by atoms with van der Waals surface area (Å²) < 4.78 is 33.0. The predicted molar refractivity (Wildman–Crippen MR) is 67.4 cm³/mol. The summed E-state index contributed by atoms with van der Waals surface area (Å²) in [6.45, 7) is 1.10. The van der Waals surface area contributed by atoms with Gasteiger partial charge in [0.1, 0.15) is 5.75 Å². The lowest BCUT2D eigenvalue weighted by molar-refractivity contribution is -0.143. The first-order valence-electron chi connectivity index (χ1n) is 5.98. The highest BCUT2D eigenvalue weighted by molar-refractivity contribution is 5.70. The van der Waals surface area contributed by atoms with Crippen LogP contribution < -0.4 is 10.1 Å². The minimum Gasteiger partial charge on any atom is -0.466 e. The molecule has 0 fully saturated rings. The summed E-state index contributed by atoms with van der Waals surface area (Å²) in [4.78, 5) is 11.3. The fourth-order valence-electron chi connectivity index (χ4n) is 1.54. The Kier molecular flexibility index (Phi) is 6.05. The van der Waals surface area contributed by atoms with Gasteiger partial charge in [-0.15, -0.1) is 0 Å². The van der Waals surface area contributed by atoms with Crippen LogP contribution in [0.4, 0.5) is 14.5 Å². The molecule has 0 saturated carbocycles. The maximum atomic E-state index is 12.0. The number of alkyl halides is 2. The Labute approximate surface area is 110 Å². The fraction of sp³-hybridized carbons (Fsp3) is 0.462. The number of esters is 1. The Bertz CT molecular complexity index is 395. The predicted octanol–water partition coefficient (Wildman–Crippen LogP) is 3.04. The number of carbonyl (C=O) groups excluding carboxylic acids is 1. The van der Waals surface area contributed by atoms with Crippen molar-refractivity contribution in [2.75, 3.05) is 11.9 Å². The van der Waals surface area contributed by atoms with Crippen molar-refractivity contribution in [3.05, 3.63) is 24.3 Å². The lowest BCUT2D eigenvalue weighted by Gasteiger charge is -2.14. The summed E-state index contributed by atoms with van der Waals surface area (Å²) in [7, 11) is 0. The quantitative estimate of drug-likeness (QED) is 0.776. The van der Waals surface area contributed by atoms with Crippen molar-refractivity contribution in [2.45, 2.75) is 32.9 Å². The van der Waals surface area contributed by atoms with E-state index in [-0.39, 0.29) is 24.2 Å². The van der Waals surface area contributed by atoms with Crippen molar-refractivity contribution in [1.29, 1.82) is 0 Å². The topological polar surface area (TPSA) is 47.6 Å². The molecular weight excluding hydrogens is 256 g/mol. The molecule has 0 aromatic heterocycles. The summed E-state index contributed by atoms with van der Waals surface area (Å²) in [6, 6.07) is 5.98. The largest absolute Gasteiger partial charge is 0.466 e. The van der Waals surface area contributed by atoms with Gasteiger partial charge in [0.05, 0.1) is 13.0 Å². The van der Waals surface area contributed by atoms with Crippen LogP contribution in [-0.4, -0.2) is 25.2 Å². The van der Waals surface area contributed by atoms with Crippen LogP contribution in [-0.2, 0) is 9.53 Å². The molecule has 1 N–H and O–H groups in total. The normalized spacial score (nSPS) is 12.1. The van der Waals surface area contributed by atoms with E-state index in [1.807, 2.05) is 6.92 Å². The summed E-state index contributed by atoms with van der Waals surface area (Å²) in [5.74, 6) is -0.182. The first-order valence-corrected chi connectivity index (χ1v) is 5.98. The average Bonchev–Trinajstić information content (AvgIpc) is 2.31. The van der Waals surface area contributed by atoms with Crippen molar-refractivity contribution < 1.29 is 23.0 Å². The molecule has 0 radical (unpaired) electrons. The van der Waals surface area contributed by atoms with Gasteiger partial charge in [0.25, 0.3) is 0 Å². The van der Waals surface area contributed by atoms with Crippen molar-refractivity contribution in [2.24, 2.45) is 0 Å². The van der Waals surface area contributed by atoms with E-state index in [0.29, 0.717) is 6.61 Å². The number of rotatable bonds is 7. The van der Waals surface area contributed by atoms with Crippen LogP contribution in [0.25, 0.3) is 0 Å². The van der Waals surface area contributed by atoms with Crippen LogP contribution in [0.15, 0.2) is 24.3 Å². The zero-order valence-corrected chi connectivity index (χ0v) is 10.9. The third kappa shape index (κ3) is 6.03. The molecule has 0 saturated heterocycles. The molecule has 0 amide bonds. The monoisotopic (exact) mass is 273 g/mol. The number of halogens is 2. The lowest BCUT2D eigenvalue weighted by Crippen LogP contribution is -2.20. The molecule has 106 valence electrons. The van der Waals surface area contributed by atoms with Crippen molar-refractivity contribution in [3.63, 3.8) is 0 Å². The molecule has 0 aliphatic carbocycles. The molecule has 0 aliphatic rings.